The Balaban J connectivity index is 2.31. The minimum atomic E-state index is -0.437. The van der Waals surface area contributed by atoms with E-state index in [0.717, 1.165) is 19.4 Å². The fraction of sp³-hybridized carbons (Fsp3) is 0.700. The molecule has 1 aliphatic heterocycles. The van der Waals surface area contributed by atoms with Gasteiger partial charge in [0.05, 0.1) is 13.2 Å². The quantitative estimate of drug-likeness (QED) is 0.344. The summed E-state index contributed by atoms with van der Waals surface area (Å²) in [5.41, 5.74) is 0. The summed E-state index contributed by atoms with van der Waals surface area (Å²) >= 11 is 0. The van der Waals surface area contributed by atoms with E-state index in [0.29, 0.717) is 13.2 Å². The molecule has 0 N–H and O–H groups in total. The number of ether oxygens (including phenoxy) is 2. The van der Waals surface area contributed by atoms with E-state index in [4.69, 9.17) is 4.74 Å². The standard InChI is InChI=1S/C10H14O3/c1-2-13-10(11)6-5-9-4-3-7-12-8-9/h9H,2-4,7-8H2,1H3. The van der Waals surface area contributed by atoms with Crippen molar-refractivity contribution in [2.24, 2.45) is 5.92 Å². The van der Waals surface area contributed by atoms with E-state index in [1.54, 1.807) is 6.92 Å². The molecular weight excluding hydrogens is 168 g/mol. The van der Waals surface area contributed by atoms with Crippen molar-refractivity contribution in [1.29, 1.82) is 0 Å². The van der Waals surface area contributed by atoms with Gasteiger partial charge in [0.1, 0.15) is 0 Å². The van der Waals surface area contributed by atoms with E-state index < -0.39 is 5.97 Å². The molecule has 1 aliphatic rings. The maximum absolute atomic E-state index is 10.8. The van der Waals surface area contributed by atoms with Crippen LogP contribution in [0.15, 0.2) is 0 Å². The lowest BCUT2D eigenvalue weighted by molar-refractivity contribution is -0.136. The molecule has 13 heavy (non-hydrogen) atoms. The van der Waals surface area contributed by atoms with Crippen molar-refractivity contribution in [1.82, 2.24) is 0 Å². The number of carbonyl (C=O) groups is 1. The molecule has 1 unspecified atom stereocenters. The number of hydrogen-bond acceptors (Lipinski definition) is 3. The first-order chi connectivity index (χ1) is 6.33. The van der Waals surface area contributed by atoms with Gasteiger partial charge in [0, 0.05) is 18.4 Å². The van der Waals surface area contributed by atoms with E-state index in [-0.39, 0.29) is 5.92 Å². The van der Waals surface area contributed by atoms with Crippen LogP contribution in [0.4, 0.5) is 0 Å². The minimum absolute atomic E-state index is 0.207. The molecule has 3 nitrogen and oxygen atoms in total. The van der Waals surface area contributed by atoms with Crippen LogP contribution >= 0.6 is 0 Å². The average Bonchev–Trinajstić information content (AvgIpc) is 2.17. The van der Waals surface area contributed by atoms with Crippen LogP contribution in [-0.2, 0) is 14.3 Å². The Labute approximate surface area is 78.4 Å². The van der Waals surface area contributed by atoms with Gasteiger partial charge in [-0.3, -0.25) is 0 Å². The summed E-state index contributed by atoms with van der Waals surface area (Å²) in [6, 6.07) is 0. The Bertz CT molecular complexity index is 218. The minimum Gasteiger partial charge on any atom is -0.456 e. The summed E-state index contributed by atoms with van der Waals surface area (Å²) < 4.78 is 9.90. The van der Waals surface area contributed by atoms with Crippen molar-refractivity contribution in [2.45, 2.75) is 19.8 Å². The van der Waals surface area contributed by atoms with Gasteiger partial charge >= 0.3 is 5.97 Å². The predicted molar refractivity (Wildman–Crippen MR) is 48.0 cm³/mol. The van der Waals surface area contributed by atoms with E-state index in [9.17, 15) is 4.79 Å². The summed E-state index contributed by atoms with van der Waals surface area (Å²) in [6.45, 7) is 3.61. The van der Waals surface area contributed by atoms with Gasteiger partial charge in [-0.25, -0.2) is 4.79 Å². The third-order valence-corrected chi connectivity index (χ3v) is 1.81. The fourth-order valence-electron chi connectivity index (χ4n) is 1.18. The lowest BCUT2D eigenvalue weighted by Crippen LogP contribution is -2.15. The molecule has 0 aromatic heterocycles. The van der Waals surface area contributed by atoms with Crippen molar-refractivity contribution in [3.63, 3.8) is 0 Å². The predicted octanol–water partition coefficient (Wildman–Crippen LogP) is 0.980. The molecule has 1 saturated heterocycles. The van der Waals surface area contributed by atoms with E-state index in [2.05, 4.69) is 16.6 Å². The lowest BCUT2D eigenvalue weighted by Gasteiger charge is -2.16. The molecule has 0 radical (unpaired) electrons. The van der Waals surface area contributed by atoms with Gasteiger partial charge < -0.3 is 9.47 Å². The topological polar surface area (TPSA) is 35.5 Å². The van der Waals surface area contributed by atoms with Gasteiger partial charge in [0.25, 0.3) is 0 Å². The van der Waals surface area contributed by atoms with Crippen LogP contribution in [0.1, 0.15) is 19.8 Å². The first kappa shape index (κ1) is 10.1. The van der Waals surface area contributed by atoms with Gasteiger partial charge in [-0.1, -0.05) is 5.92 Å². The maximum atomic E-state index is 10.8. The molecule has 1 heterocycles. The average molecular weight is 182 g/mol. The molecule has 72 valence electrons. The van der Waals surface area contributed by atoms with Crippen LogP contribution in [0.25, 0.3) is 0 Å². The van der Waals surface area contributed by atoms with Gasteiger partial charge in [-0.05, 0) is 19.8 Å². The third kappa shape index (κ3) is 3.95. The summed E-state index contributed by atoms with van der Waals surface area (Å²) in [4.78, 5) is 10.8. The third-order valence-electron chi connectivity index (χ3n) is 1.81. The van der Waals surface area contributed by atoms with Crippen LogP contribution in [0, 0.1) is 17.8 Å². The van der Waals surface area contributed by atoms with Gasteiger partial charge in [-0.15, -0.1) is 0 Å². The highest BCUT2D eigenvalue weighted by atomic mass is 16.5. The number of hydrogen-bond donors (Lipinski definition) is 0. The molecule has 1 fully saturated rings. The lowest BCUT2D eigenvalue weighted by atomic mass is 10.0. The van der Waals surface area contributed by atoms with Crippen LogP contribution in [0.3, 0.4) is 0 Å². The second-order valence-electron chi connectivity index (χ2n) is 2.90. The second kappa shape index (κ2) is 5.60. The maximum Gasteiger partial charge on any atom is 0.384 e. The molecule has 1 atom stereocenters. The second-order valence-corrected chi connectivity index (χ2v) is 2.90. The molecule has 0 aliphatic carbocycles. The zero-order chi connectivity index (χ0) is 9.52. The molecule has 1 rings (SSSR count). The van der Waals surface area contributed by atoms with Crippen molar-refractivity contribution in [3.05, 3.63) is 0 Å². The molecule has 0 aromatic rings. The van der Waals surface area contributed by atoms with Crippen molar-refractivity contribution in [3.8, 4) is 11.8 Å². The van der Waals surface area contributed by atoms with Crippen molar-refractivity contribution >= 4 is 5.97 Å². The van der Waals surface area contributed by atoms with Crippen molar-refractivity contribution in [2.75, 3.05) is 19.8 Å². The molecule has 0 bridgehead atoms. The zero-order valence-corrected chi connectivity index (χ0v) is 7.84. The van der Waals surface area contributed by atoms with E-state index in [1.807, 2.05) is 0 Å². The Morgan fingerprint density at radius 2 is 2.54 bits per heavy atom. The Morgan fingerprint density at radius 1 is 1.69 bits per heavy atom. The number of esters is 1. The highest BCUT2D eigenvalue weighted by Crippen LogP contribution is 2.11. The first-order valence-corrected chi connectivity index (χ1v) is 4.59. The fourth-order valence-corrected chi connectivity index (χ4v) is 1.18. The summed E-state index contributed by atoms with van der Waals surface area (Å²) in [6.07, 6.45) is 2.05. The van der Waals surface area contributed by atoms with Gasteiger partial charge in [0.2, 0.25) is 0 Å². The largest absolute Gasteiger partial charge is 0.456 e. The summed E-state index contributed by atoms with van der Waals surface area (Å²) in [5.74, 6) is 5.09. The van der Waals surface area contributed by atoms with Crippen LogP contribution in [0.2, 0.25) is 0 Å². The zero-order valence-electron chi connectivity index (χ0n) is 7.84. The SMILES string of the molecule is CCOC(=O)C#CC1CCCOC1. The molecule has 3 heteroatoms. The monoisotopic (exact) mass is 182 g/mol. The Hall–Kier alpha value is -1.01. The molecule has 0 amide bonds. The smallest absolute Gasteiger partial charge is 0.384 e. The molecule has 0 saturated carbocycles. The van der Waals surface area contributed by atoms with Crippen LogP contribution in [-0.4, -0.2) is 25.8 Å². The Morgan fingerprint density at radius 3 is 3.15 bits per heavy atom. The summed E-state index contributed by atoms with van der Waals surface area (Å²) in [7, 11) is 0. The summed E-state index contributed by atoms with van der Waals surface area (Å²) in [5, 5.41) is 0. The van der Waals surface area contributed by atoms with Crippen LogP contribution < -0.4 is 0 Å². The van der Waals surface area contributed by atoms with Crippen molar-refractivity contribution < 1.29 is 14.3 Å². The molecule has 0 spiro atoms. The van der Waals surface area contributed by atoms with Gasteiger partial charge in [0.15, 0.2) is 0 Å². The molecule has 0 aromatic carbocycles. The highest BCUT2D eigenvalue weighted by molar-refractivity contribution is 5.88. The Kier molecular flexibility index (Phi) is 4.34. The number of carbonyl (C=O) groups excluding carboxylic acids is 1. The van der Waals surface area contributed by atoms with Gasteiger partial charge in [-0.2, -0.15) is 0 Å². The van der Waals surface area contributed by atoms with Crippen LogP contribution in [0.5, 0.6) is 0 Å². The number of rotatable bonds is 1. The highest BCUT2D eigenvalue weighted by Gasteiger charge is 2.10. The van der Waals surface area contributed by atoms with E-state index in [1.165, 1.54) is 0 Å². The normalized spacial score (nSPS) is 21.5. The van der Waals surface area contributed by atoms with E-state index >= 15 is 0 Å². The first-order valence-electron chi connectivity index (χ1n) is 4.59. The molecular formula is C10H14O3.